The van der Waals surface area contributed by atoms with Crippen molar-refractivity contribution in [2.75, 3.05) is 11.9 Å². The van der Waals surface area contributed by atoms with E-state index in [-0.39, 0.29) is 6.61 Å². The molecule has 0 aliphatic heterocycles. The van der Waals surface area contributed by atoms with E-state index in [4.69, 9.17) is 5.11 Å². The zero-order chi connectivity index (χ0) is 9.68. The van der Waals surface area contributed by atoms with Crippen LogP contribution in [-0.2, 0) is 6.61 Å². The van der Waals surface area contributed by atoms with Crippen LogP contribution in [0.25, 0.3) is 0 Å². The number of nitrogens with zero attached hydrogens (tertiary/aromatic N) is 1. The molecule has 0 aliphatic carbocycles. The van der Waals surface area contributed by atoms with Crippen molar-refractivity contribution in [3.05, 3.63) is 23.4 Å². The van der Waals surface area contributed by atoms with Gasteiger partial charge in [-0.1, -0.05) is 6.92 Å². The molecule has 72 valence electrons. The first-order chi connectivity index (χ1) is 6.27. The summed E-state index contributed by atoms with van der Waals surface area (Å²) in [5.41, 5.74) is 1.97. The lowest BCUT2D eigenvalue weighted by Gasteiger charge is -2.06. The first-order valence-electron chi connectivity index (χ1n) is 4.58. The lowest BCUT2D eigenvalue weighted by atomic mass is 10.2. The van der Waals surface area contributed by atoms with Gasteiger partial charge in [0.2, 0.25) is 0 Å². The van der Waals surface area contributed by atoms with E-state index >= 15 is 0 Å². The third-order valence-corrected chi connectivity index (χ3v) is 1.95. The first-order valence-corrected chi connectivity index (χ1v) is 4.58. The second-order valence-corrected chi connectivity index (χ2v) is 3.08. The molecule has 2 N–H and O–H groups in total. The third-order valence-electron chi connectivity index (χ3n) is 1.95. The van der Waals surface area contributed by atoms with E-state index < -0.39 is 0 Å². The highest BCUT2D eigenvalue weighted by Crippen LogP contribution is 2.11. The van der Waals surface area contributed by atoms with Crippen LogP contribution in [0.15, 0.2) is 12.3 Å². The summed E-state index contributed by atoms with van der Waals surface area (Å²) in [6.07, 6.45) is 2.80. The number of aliphatic hydroxyl groups excluding tert-OH is 1. The highest BCUT2D eigenvalue weighted by molar-refractivity contribution is 5.40. The van der Waals surface area contributed by atoms with E-state index in [1.165, 1.54) is 0 Å². The molecule has 1 heterocycles. The molecule has 13 heavy (non-hydrogen) atoms. The van der Waals surface area contributed by atoms with Gasteiger partial charge in [0.15, 0.2) is 0 Å². The van der Waals surface area contributed by atoms with Gasteiger partial charge in [-0.05, 0) is 30.5 Å². The maximum absolute atomic E-state index is 8.92. The number of aliphatic hydroxyl groups is 1. The Morgan fingerprint density at radius 2 is 2.31 bits per heavy atom. The topological polar surface area (TPSA) is 45.1 Å². The van der Waals surface area contributed by atoms with Crippen molar-refractivity contribution in [1.29, 1.82) is 0 Å². The van der Waals surface area contributed by atoms with Crippen molar-refractivity contribution >= 4 is 5.82 Å². The minimum atomic E-state index is 0.0624. The van der Waals surface area contributed by atoms with Gasteiger partial charge in [0.25, 0.3) is 0 Å². The average molecular weight is 180 g/mol. The Morgan fingerprint density at radius 1 is 1.54 bits per heavy atom. The molecule has 0 bridgehead atoms. The van der Waals surface area contributed by atoms with Gasteiger partial charge < -0.3 is 10.4 Å². The monoisotopic (exact) mass is 180 g/mol. The largest absolute Gasteiger partial charge is 0.392 e. The lowest BCUT2D eigenvalue weighted by molar-refractivity contribution is 0.280. The van der Waals surface area contributed by atoms with Crippen molar-refractivity contribution in [2.45, 2.75) is 26.9 Å². The molecule has 0 unspecified atom stereocenters. The van der Waals surface area contributed by atoms with Crippen molar-refractivity contribution in [3.8, 4) is 0 Å². The van der Waals surface area contributed by atoms with Crippen LogP contribution in [0, 0.1) is 6.92 Å². The molecule has 3 heteroatoms. The number of hydrogen-bond acceptors (Lipinski definition) is 3. The number of anilines is 1. The molecule has 1 aromatic rings. The smallest absolute Gasteiger partial charge is 0.126 e. The van der Waals surface area contributed by atoms with E-state index in [0.717, 1.165) is 29.9 Å². The van der Waals surface area contributed by atoms with Crippen LogP contribution in [0.5, 0.6) is 0 Å². The molecule has 0 aliphatic rings. The van der Waals surface area contributed by atoms with Gasteiger partial charge in [0.05, 0.1) is 6.61 Å². The summed E-state index contributed by atoms with van der Waals surface area (Å²) in [7, 11) is 0. The molecule has 0 fully saturated rings. The Balaban J connectivity index is 2.71. The van der Waals surface area contributed by atoms with Crippen LogP contribution in [0.1, 0.15) is 24.5 Å². The van der Waals surface area contributed by atoms with E-state index in [0.29, 0.717) is 0 Å². The number of nitrogens with one attached hydrogen (secondary N) is 1. The van der Waals surface area contributed by atoms with E-state index in [2.05, 4.69) is 17.2 Å². The van der Waals surface area contributed by atoms with Gasteiger partial charge in [-0.2, -0.15) is 0 Å². The van der Waals surface area contributed by atoms with Crippen molar-refractivity contribution in [2.24, 2.45) is 0 Å². The molecule has 0 aromatic carbocycles. The number of rotatable bonds is 4. The number of pyridine rings is 1. The zero-order valence-corrected chi connectivity index (χ0v) is 8.17. The summed E-state index contributed by atoms with van der Waals surface area (Å²) in [6.45, 7) is 5.09. The van der Waals surface area contributed by atoms with Crippen molar-refractivity contribution in [3.63, 3.8) is 0 Å². The summed E-state index contributed by atoms with van der Waals surface area (Å²) >= 11 is 0. The molecule has 3 nitrogen and oxygen atoms in total. The summed E-state index contributed by atoms with van der Waals surface area (Å²) in [5, 5.41) is 12.1. The van der Waals surface area contributed by atoms with Crippen molar-refractivity contribution < 1.29 is 5.11 Å². The molecule has 0 amide bonds. The maximum Gasteiger partial charge on any atom is 0.126 e. The van der Waals surface area contributed by atoms with Gasteiger partial charge in [0, 0.05) is 12.7 Å². The highest BCUT2D eigenvalue weighted by atomic mass is 16.3. The van der Waals surface area contributed by atoms with E-state index in [1.54, 1.807) is 6.20 Å². The van der Waals surface area contributed by atoms with Gasteiger partial charge >= 0.3 is 0 Å². The average Bonchev–Trinajstić information content (AvgIpc) is 2.15. The number of hydrogen-bond donors (Lipinski definition) is 2. The van der Waals surface area contributed by atoms with E-state index in [1.807, 2.05) is 13.0 Å². The van der Waals surface area contributed by atoms with Crippen LogP contribution >= 0.6 is 0 Å². The molecule has 0 saturated carbocycles. The summed E-state index contributed by atoms with van der Waals surface area (Å²) < 4.78 is 0. The third kappa shape index (κ3) is 2.70. The van der Waals surface area contributed by atoms with Gasteiger partial charge in [0.1, 0.15) is 5.82 Å². The highest BCUT2D eigenvalue weighted by Gasteiger charge is 1.98. The normalized spacial score (nSPS) is 10.1. The van der Waals surface area contributed by atoms with E-state index in [9.17, 15) is 0 Å². The molecule has 0 saturated heterocycles. The quantitative estimate of drug-likeness (QED) is 0.741. The SMILES string of the molecule is CCCNc1cc(C)c(CO)cn1. The minimum Gasteiger partial charge on any atom is -0.392 e. The van der Waals surface area contributed by atoms with Gasteiger partial charge in [-0.25, -0.2) is 4.98 Å². The van der Waals surface area contributed by atoms with Crippen molar-refractivity contribution in [1.82, 2.24) is 4.98 Å². The molecule has 0 atom stereocenters. The molecule has 0 spiro atoms. The fourth-order valence-corrected chi connectivity index (χ4v) is 1.10. The minimum absolute atomic E-state index is 0.0624. The predicted octanol–water partition coefficient (Wildman–Crippen LogP) is 1.70. The number of aryl methyl sites for hydroxylation is 1. The lowest BCUT2D eigenvalue weighted by Crippen LogP contribution is -2.03. The fraction of sp³-hybridized carbons (Fsp3) is 0.500. The second-order valence-electron chi connectivity index (χ2n) is 3.08. The standard InChI is InChI=1S/C10H16N2O/c1-3-4-11-10-5-8(2)9(7-13)6-12-10/h5-6,13H,3-4,7H2,1-2H3,(H,11,12). The van der Waals surface area contributed by atoms with Crippen LogP contribution in [0.4, 0.5) is 5.82 Å². The van der Waals surface area contributed by atoms with Gasteiger partial charge in [-0.3, -0.25) is 0 Å². The Bertz CT molecular complexity index is 274. The maximum atomic E-state index is 8.92. The summed E-state index contributed by atoms with van der Waals surface area (Å²) in [4.78, 5) is 4.18. The Morgan fingerprint density at radius 3 is 2.85 bits per heavy atom. The van der Waals surface area contributed by atoms with Gasteiger partial charge in [-0.15, -0.1) is 0 Å². The molecule has 0 radical (unpaired) electrons. The molecule has 1 aromatic heterocycles. The zero-order valence-electron chi connectivity index (χ0n) is 8.17. The Hall–Kier alpha value is -1.09. The molecular formula is C10H16N2O. The molecular weight excluding hydrogens is 164 g/mol. The first kappa shape index (κ1) is 9.99. The fourth-order valence-electron chi connectivity index (χ4n) is 1.10. The van der Waals surface area contributed by atoms with Crippen LogP contribution < -0.4 is 5.32 Å². The predicted molar refractivity (Wildman–Crippen MR) is 53.7 cm³/mol. The summed E-state index contributed by atoms with van der Waals surface area (Å²) in [5.74, 6) is 0.886. The van der Waals surface area contributed by atoms with Crippen LogP contribution in [0.2, 0.25) is 0 Å². The molecule has 1 rings (SSSR count). The van der Waals surface area contributed by atoms with Crippen LogP contribution in [0.3, 0.4) is 0 Å². The Kier molecular flexibility index (Phi) is 3.71. The summed E-state index contributed by atoms with van der Waals surface area (Å²) in [6, 6.07) is 1.96. The second kappa shape index (κ2) is 4.82. The Labute approximate surface area is 78.8 Å². The number of aromatic nitrogens is 1. The van der Waals surface area contributed by atoms with Crippen LogP contribution in [-0.4, -0.2) is 16.6 Å².